The Morgan fingerprint density at radius 3 is 2.83 bits per heavy atom. The summed E-state index contributed by atoms with van der Waals surface area (Å²) in [4.78, 5) is 30.8. The van der Waals surface area contributed by atoms with Crippen molar-refractivity contribution in [2.45, 2.75) is 50.8 Å². The summed E-state index contributed by atoms with van der Waals surface area (Å²) in [6.07, 6.45) is 4.35. The fourth-order valence-corrected chi connectivity index (χ4v) is 3.74. The molecule has 9 heteroatoms. The van der Waals surface area contributed by atoms with Crippen molar-refractivity contribution < 1.29 is 23.8 Å². The van der Waals surface area contributed by atoms with Gasteiger partial charge in [0.1, 0.15) is 6.10 Å². The maximum atomic E-state index is 13.2. The summed E-state index contributed by atoms with van der Waals surface area (Å²) in [6.45, 7) is 4.41. The van der Waals surface area contributed by atoms with Gasteiger partial charge in [0.25, 0.3) is 5.91 Å². The zero-order chi connectivity index (χ0) is 21.5. The lowest BCUT2D eigenvalue weighted by Gasteiger charge is -2.34. The molecule has 3 rings (SSSR count). The molecule has 0 aromatic carbocycles. The summed E-state index contributed by atoms with van der Waals surface area (Å²) >= 11 is 0. The third-order valence-corrected chi connectivity index (χ3v) is 5.51. The number of aryl methyl sites for hydroxylation is 1. The minimum absolute atomic E-state index is 0.0387. The molecular formula is C21H32N4O5. The Kier molecular flexibility index (Phi) is 7.87. The first-order valence-corrected chi connectivity index (χ1v) is 10.5. The van der Waals surface area contributed by atoms with E-state index in [9.17, 15) is 9.59 Å². The number of carbonyl (C=O) groups excluding carboxylic acids is 2. The highest BCUT2D eigenvalue weighted by Gasteiger charge is 2.40. The summed E-state index contributed by atoms with van der Waals surface area (Å²) in [5.41, 5.74) is 1.92. The first-order valence-electron chi connectivity index (χ1n) is 10.5. The van der Waals surface area contributed by atoms with Crippen molar-refractivity contribution in [3.05, 3.63) is 23.4 Å². The zero-order valence-corrected chi connectivity index (χ0v) is 18.0. The normalized spacial score (nSPS) is 19.6. The van der Waals surface area contributed by atoms with E-state index in [4.69, 9.17) is 9.47 Å². The van der Waals surface area contributed by atoms with Gasteiger partial charge in [-0.15, -0.1) is 0 Å². The molecule has 1 aliphatic carbocycles. The van der Waals surface area contributed by atoms with Crippen molar-refractivity contribution >= 4 is 12.0 Å². The van der Waals surface area contributed by atoms with Gasteiger partial charge in [0.2, 0.25) is 5.88 Å². The minimum Gasteiger partial charge on any atom is -0.481 e. The number of amides is 2. The van der Waals surface area contributed by atoms with Crippen LogP contribution in [0.3, 0.4) is 0 Å². The van der Waals surface area contributed by atoms with Crippen LogP contribution in [0.1, 0.15) is 43.4 Å². The number of methoxy groups -OCH3 is 2. The Morgan fingerprint density at radius 2 is 2.20 bits per heavy atom. The Labute approximate surface area is 177 Å². The first kappa shape index (κ1) is 22.3. The first-order chi connectivity index (χ1) is 14.5. The molecule has 2 heterocycles. The number of rotatable bonds is 9. The lowest BCUT2D eigenvalue weighted by Crippen LogP contribution is -2.50. The molecule has 0 radical (unpaired) electrons. The molecule has 0 spiro atoms. The van der Waals surface area contributed by atoms with Crippen LogP contribution in [0.15, 0.2) is 12.3 Å². The molecule has 0 bridgehead atoms. The van der Waals surface area contributed by atoms with Gasteiger partial charge in [-0.2, -0.15) is 0 Å². The van der Waals surface area contributed by atoms with Crippen LogP contribution in [-0.4, -0.2) is 74.5 Å². The predicted molar refractivity (Wildman–Crippen MR) is 110 cm³/mol. The van der Waals surface area contributed by atoms with Gasteiger partial charge in [-0.25, -0.2) is 9.78 Å². The molecule has 1 aromatic heterocycles. The van der Waals surface area contributed by atoms with Crippen molar-refractivity contribution in [1.29, 1.82) is 0 Å². The topological polar surface area (TPSA) is 102 Å². The van der Waals surface area contributed by atoms with Crippen LogP contribution in [-0.2, 0) is 20.7 Å². The van der Waals surface area contributed by atoms with Gasteiger partial charge in [-0.05, 0) is 44.2 Å². The fraction of sp³-hybridized carbons (Fsp3) is 0.667. The van der Waals surface area contributed by atoms with Crippen molar-refractivity contribution in [3.63, 3.8) is 0 Å². The lowest BCUT2D eigenvalue weighted by atomic mass is 10.0. The van der Waals surface area contributed by atoms with Crippen LogP contribution in [0, 0.1) is 0 Å². The van der Waals surface area contributed by atoms with Crippen molar-refractivity contribution in [2.24, 2.45) is 0 Å². The van der Waals surface area contributed by atoms with Crippen LogP contribution in [0.2, 0.25) is 0 Å². The largest absolute Gasteiger partial charge is 0.481 e. The van der Waals surface area contributed by atoms with E-state index in [1.54, 1.807) is 13.3 Å². The van der Waals surface area contributed by atoms with E-state index in [2.05, 4.69) is 26.4 Å². The van der Waals surface area contributed by atoms with Gasteiger partial charge in [0.15, 0.2) is 0 Å². The molecule has 2 atom stereocenters. The van der Waals surface area contributed by atoms with E-state index in [-0.39, 0.29) is 18.0 Å². The smallest absolute Gasteiger partial charge is 0.406 e. The fourth-order valence-electron chi connectivity index (χ4n) is 3.74. The third kappa shape index (κ3) is 5.60. The van der Waals surface area contributed by atoms with Crippen LogP contribution in [0.4, 0.5) is 4.79 Å². The molecule has 1 saturated heterocycles. The Morgan fingerprint density at radius 1 is 1.40 bits per heavy atom. The lowest BCUT2D eigenvalue weighted by molar-refractivity contribution is -0.148. The van der Waals surface area contributed by atoms with Gasteiger partial charge in [-0.3, -0.25) is 4.79 Å². The molecule has 1 aliphatic heterocycles. The number of alkyl carbamates (subject to hydrolysis) is 1. The van der Waals surface area contributed by atoms with Crippen LogP contribution >= 0.6 is 0 Å². The van der Waals surface area contributed by atoms with Gasteiger partial charge >= 0.3 is 6.09 Å². The number of carbonyl (C=O) groups is 2. The molecular weight excluding hydrogens is 388 g/mol. The predicted octanol–water partition coefficient (Wildman–Crippen LogP) is 1.42. The molecule has 2 amide bonds. The van der Waals surface area contributed by atoms with E-state index in [0.717, 1.165) is 36.9 Å². The number of hydrogen-bond acceptors (Lipinski definition) is 7. The summed E-state index contributed by atoms with van der Waals surface area (Å²) in [5.74, 6) is 0.602. The average molecular weight is 421 g/mol. The summed E-state index contributed by atoms with van der Waals surface area (Å²) < 4.78 is 15.7. The zero-order valence-electron chi connectivity index (χ0n) is 18.0. The molecule has 166 valence electrons. The SMILES string of the molecule is COC(=O)NCCCc1cc(C(C)N(C(=O)C2CNCCO2)C2CC2)cnc1OC. The molecule has 2 fully saturated rings. The molecule has 1 aromatic rings. The number of aromatic nitrogens is 1. The van der Waals surface area contributed by atoms with Gasteiger partial charge in [-0.1, -0.05) is 0 Å². The third-order valence-electron chi connectivity index (χ3n) is 5.51. The monoisotopic (exact) mass is 420 g/mol. The Bertz CT molecular complexity index is 734. The Hall–Kier alpha value is -2.39. The van der Waals surface area contributed by atoms with Crippen molar-refractivity contribution in [3.8, 4) is 5.88 Å². The van der Waals surface area contributed by atoms with E-state index < -0.39 is 12.2 Å². The summed E-state index contributed by atoms with van der Waals surface area (Å²) in [5, 5.41) is 5.91. The highest BCUT2D eigenvalue weighted by atomic mass is 16.5. The Balaban J connectivity index is 1.70. The molecule has 2 N–H and O–H groups in total. The highest BCUT2D eigenvalue weighted by Crippen LogP contribution is 2.36. The van der Waals surface area contributed by atoms with E-state index in [1.807, 2.05) is 11.8 Å². The number of nitrogens with one attached hydrogen (secondary N) is 2. The second-order valence-corrected chi connectivity index (χ2v) is 7.68. The minimum atomic E-state index is -0.444. The number of hydrogen-bond donors (Lipinski definition) is 2. The van der Waals surface area contributed by atoms with Gasteiger partial charge in [0, 0.05) is 37.4 Å². The number of ether oxygens (including phenoxy) is 3. The standard InChI is InChI=1S/C21H32N4O5/c1-14(25(17-6-7-17)20(26)18-13-22-9-10-30-18)16-11-15(19(28-2)24-12-16)5-4-8-23-21(27)29-3/h11-12,14,17-18,22H,4-10,13H2,1-3H3,(H,23,27). The van der Waals surface area contributed by atoms with Crippen molar-refractivity contribution in [1.82, 2.24) is 20.5 Å². The van der Waals surface area contributed by atoms with Gasteiger partial charge < -0.3 is 29.7 Å². The summed E-state index contributed by atoms with van der Waals surface area (Å²) in [6, 6.07) is 2.20. The average Bonchev–Trinajstić information content (AvgIpc) is 3.62. The van der Waals surface area contributed by atoms with Crippen molar-refractivity contribution in [2.75, 3.05) is 40.5 Å². The molecule has 1 saturated carbocycles. The quantitative estimate of drug-likeness (QED) is 0.583. The molecule has 2 unspecified atom stereocenters. The molecule has 9 nitrogen and oxygen atoms in total. The molecule has 30 heavy (non-hydrogen) atoms. The van der Waals surface area contributed by atoms with Crippen LogP contribution in [0.25, 0.3) is 0 Å². The maximum absolute atomic E-state index is 13.2. The second-order valence-electron chi connectivity index (χ2n) is 7.68. The maximum Gasteiger partial charge on any atom is 0.406 e. The van der Waals surface area contributed by atoms with Crippen LogP contribution in [0.5, 0.6) is 5.88 Å². The van der Waals surface area contributed by atoms with E-state index in [0.29, 0.717) is 32.0 Å². The summed E-state index contributed by atoms with van der Waals surface area (Å²) in [7, 11) is 2.93. The van der Waals surface area contributed by atoms with Crippen LogP contribution < -0.4 is 15.4 Å². The highest BCUT2D eigenvalue weighted by molar-refractivity contribution is 5.82. The number of pyridine rings is 1. The number of morpholine rings is 1. The van der Waals surface area contributed by atoms with Gasteiger partial charge in [0.05, 0.1) is 26.9 Å². The molecule has 2 aliphatic rings. The second kappa shape index (κ2) is 10.6. The van der Waals surface area contributed by atoms with E-state index >= 15 is 0 Å². The number of nitrogens with zero attached hydrogens (tertiary/aromatic N) is 2. The van der Waals surface area contributed by atoms with E-state index in [1.165, 1.54) is 7.11 Å².